The number of amides is 1. The van der Waals surface area contributed by atoms with E-state index in [1.54, 1.807) is 13.0 Å². The van der Waals surface area contributed by atoms with Gasteiger partial charge in [-0.3, -0.25) is 9.59 Å². The Labute approximate surface area is 136 Å². The maximum atomic E-state index is 14.1. The zero-order chi connectivity index (χ0) is 17.4. The third kappa shape index (κ3) is 2.94. The molecular weight excluding hydrogens is 318 g/mol. The van der Waals surface area contributed by atoms with Crippen LogP contribution in [0.2, 0.25) is 0 Å². The van der Waals surface area contributed by atoms with E-state index in [1.807, 2.05) is 0 Å². The Balaban J connectivity index is 2.00. The zero-order valence-corrected chi connectivity index (χ0v) is 12.9. The largest absolute Gasteiger partial charge is 0.391 e. The number of carbonyl (C=O) groups is 1. The normalized spacial score (nSPS) is 20.4. The summed E-state index contributed by atoms with van der Waals surface area (Å²) >= 11 is 0. The van der Waals surface area contributed by atoms with Gasteiger partial charge in [0.25, 0.3) is 11.5 Å². The number of β-amino-alcohol motifs (C(OH)–C–C–N with tert-alkyl or cyclic N) is 1. The molecule has 7 heteroatoms. The van der Waals surface area contributed by atoms with Gasteiger partial charge >= 0.3 is 0 Å². The minimum absolute atomic E-state index is 0.0107. The van der Waals surface area contributed by atoms with Gasteiger partial charge in [-0.1, -0.05) is 0 Å². The van der Waals surface area contributed by atoms with E-state index < -0.39 is 35.2 Å². The van der Waals surface area contributed by atoms with Gasteiger partial charge in [-0.15, -0.1) is 0 Å². The van der Waals surface area contributed by atoms with Crippen LogP contribution in [0.25, 0.3) is 0 Å². The number of aromatic nitrogens is 1. The van der Waals surface area contributed by atoms with Crippen LogP contribution in [-0.2, 0) is 0 Å². The summed E-state index contributed by atoms with van der Waals surface area (Å²) in [7, 11) is 0. The molecule has 2 aromatic rings. The van der Waals surface area contributed by atoms with Crippen LogP contribution in [-0.4, -0.2) is 33.5 Å². The summed E-state index contributed by atoms with van der Waals surface area (Å²) in [5.74, 6) is -1.92. The number of aryl methyl sites for hydroxylation is 1. The molecule has 1 aliphatic heterocycles. The van der Waals surface area contributed by atoms with Crippen LogP contribution in [0.4, 0.5) is 8.78 Å². The number of aromatic amines is 1. The summed E-state index contributed by atoms with van der Waals surface area (Å²) < 4.78 is 27.5. The molecule has 0 aliphatic carbocycles. The summed E-state index contributed by atoms with van der Waals surface area (Å²) in [6.07, 6.45) is -0.790. The SMILES string of the molecule is Cc1ccc(C(=O)N2C[C@@H](O)C[C@H]2c2cc(F)ccc2F)c(=O)[nH]1. The first kappa shape index (κ1) is 16.3. The molecule has 1 aromatic carbocycles. The van der Waals surface area contributed by atoms with Crippen molar-refractivity contribution in [1.82, 2.24) is 9.88 Å². The van der Waals surface area contributed by atoms with Crippen molar-refractivity contribution in [2.24, 2.45) is 0 Å². The molecular formula is C17H16F2N2O3. The van der Waals surface area contributed by atoms with Gasteiger partial charge < -0.3 is 15.0 Å². The smallest absolute Gasteiger partial charge is 0.260 e. The van der Waals surface area contributed by atoms with E-state index in [0.29, 0.717) is 5.69 Å². The van der Waals surface area contributed by atoms with Gasteiger partial charge in [0.05, 0.1) is 12.1 Å². The average molecular weight is 334 g/mol. The molecule has 126 valence electrons. The number of aliphatic hydroxyl groups is 1. The molecule has 1 saturated heterocycles. The summed E-state index contributed by atoms with van der Waals surface area (Å²) in [4.78, 5) is 28.4. The van der Waals surface area contributed by atoms with Crippen LogP contribution in [0.3, 0.4) is 0 Å². The standard InChI is InChI=1S/C17H16F2N2O3/c1-9-2-4-12(16(23)20-9)17(24)21-8-11(22)7-15(21)13-6-10(18)3-5-14(13)19/h2-6,11,15,22H,7-8H2,1H3,(H,20,23)/t11-,15-/m0/s1. The lowest BCUT2D eigenvalue weighted by Crippen LogP contribution is -2.35. The second-order valence-electron chi connectivity index (χ2n) is 5.91. The Bertz CT molecular complexity index is 850. The number of hydrogen-bond donors (Lipinski definition) is 2. The van der Waals surface area contributed by atoms with E-state index in [2.05, 4.69) is 4.98 Å². The Morgan fingerprint density at radius 1 is 1.29 bits per heavy atom. The van der Waals surface area contributed by atoms with Crippen LogP contribution in [0, 0.1) is 18.6 Å². The first-order valence-corrected chi connectivity index (χ1v) is 7.50. The van der Waals surface area contributed by atoms with Crippen LogP contribution in [0.15, 0.2) is 35.1 Å². The molecule has 5 nitrogen and oxygen atoms in total. The fraction of sp³-hybridized carbons (Fsp3) is 0.294. The molecule has 2 heterocycles. The van der Waals surface area contributed by atoms with Crippen LogP contribution < -0.4 is 5.56 Å². The number of nitrogens with one attached hydrogen (secondary N) is 1. The molecule has 0 unspecified atom stereocenters. The Kier molecular flexibility index (Phi) is 4.19. The molecule has 0 bridgehead atoms. The lowest BCUT2D eigenvalue weighted by molar-refractivity contribution is 0.0712. The van der Waals surface area contributed by atoms with Crippen molar-refractivity contribution in [2.45, 2.75) is 25.5 Å². The summed E-state index contributed by atoms with van der Waals surface area (Å²) in [6, 6.07) is 5.12. The molecule has 1 aliphatic rings. The molecule has 3 rings (SSSR count). The van der Waals surface area contributed by atoms with Crippen molar-refractivity contribution >= 4 is 5.91 Å². The number of pyridine rings is 1. The van der Waals surface area contributed by atoms with Gasteiger partial charge in [0, 0.05) is 17.8 Å². The maximum absolute atomic E-state index is 14.1. The van der Waals surface area contributed by atoms with E-state index in [-0.39, 0.29) is 24.1 Å². The van der Waals surface area contributed by atoms with E-state index in [9.17, 15) is 23.5 Å². The minimum Gasteiger partial charge on any atom is -0.391 e. The third-order valence-corrected chi connectivity index (χ3v) is 4.14. The first-order chi connectivity index (χ1) is 11.4. The number of likely N-dealkylation sites (tertiary alicyclic amines) is 1. The third-order valence-electron chi connectivity index (χ3n) is 4.14. The van der Waals surface area contributed by atoms with E-state index in [1.165, 1.54) is 11.0 Å². The summed E-state index contributed by atoms with van der Waals surface area (Å²) in [5.41, 5.74) is -0.0643. The number of aliphatic hydroxyl groups excluding tert-OH is 1. The van der Waals surface area contributed by atoms with E-state index in [4.69, 9.17) is 0 Å². The first-order valence-electron chi connectivity index (χ1n) is 7.50. The highest BCUT2D eigenvalue weighted by molar-refractivity contribution is 5.94. The minimum atomic E-state index is -0.869. The van der Waals surface area contributed by atoms with Crippen molar-refractivity contribution in [3.05, 3.63) is 69.1 Å². The van der Waals surface area contributed by atoms with E-state index in [0.717, 1.165) is 18.2 Å². The molecule has 1 amide bonds. The van der Waals surface area contributed by atoms with Gasteiger partial charge in [-0.05, 0) is 43.7 Å². The Morgan fingerprint density at radius 3 is 2.75 bits per heavy atom. The van der Waals surface area contributed by atoms with Gasteiger partial charge in [0.15, 0.2) is 0 Å². The van der Waals surface area contributed by atoms with Gasteiger partial charge in [0.1, 0.15) is 17.2 Å². The topological polar surface area (TPSA) is 73.4 Å². The highest BCUT2D eigenvalue weighted by Crippen LogP contribution is 2.34. The highest BCUT2D eigenvalue weighted by Gasteiger charge is 2.37. The number of hydrogen-bond acceptors (Lipinski definition) is 3. The zero-order valence-electron chi connectivity index (χ0n) is 12.9. The van der Waals surface area contributed by atoms with Gasteiger partial charge in [-0.2, -0.15) is 0 Å². The van der Waals surface area contributed by atoms with Gasteiger partial charge in [-0.25, -0.2) is 8.78 Å². The Morgan fingerprint density at radius 2 is 2.04 bits per heavy atom. The average Bonchev–Trinajstić information content (AvgIpc) is 2.91. The molecule has 1 aromatic heterocycles. The second kappa shape index (κ2) is 6.16. The second-order valence-corrected chi connectivity index (χ2v) is 5.91. The highest BCUT2D eigenvalue weighted by atomic mass is 19.1. The molecule has 24 heavy (non-hydrogen) atoms. The fourth-order valence-corrected chi connectivity index (χ4v) is 3.00. The van der Waals surface area contributed by atoms with Crippen LogP contribution in [0.1, 0.15) is 34.1 Å². The van der Waals surface area contributed by atoms with Crippen molar-refractivity contribution in [2.75, 3.05) is 6.54 Å². The van der Waals surface area contributed by atoms with Crippen molar-refractivity contribution < 1.29 is 18.7 Å². The van der Waals surface area contributed by atoms with Crippen LogP contribution >= 0.6 is 0 Å². The summed E-state index contributed by atoms with van der Waals surface area (Å²) in [5, 5.41) is 9.90. The number of H-pyrrole nitrogens is 1. The number of halogens is 2. The van der Waals surface area contributed by atoms with Crippen molar-refractivity contribution in [1.29, 1.82) is 0 Å². The van der Waals surface area contributed by atoms with E-state index >= 15 is 0 Å². The van der Waals surface area contributed by atoms with Crippen molar-refractivity contribution in [3.63, 3.8) is 0 Å². The molecule has 0 spiro atoms. The lowest BCUT2D eigenvalue weighted by Gasteiger charge is -2.25. The lowest BCUT2D eigenvalue weighted by atomic mass is 10.0. The number of rotatable bonds is 2. The quantitative estimate of drug-likeness (QED) is 0.881. The predicted octanol–water partition coefficient (Wildman–Crippen LogP) is 1.91. The number of nitrogens with zero attached hydrogens (tertiary/aromatic N) is 1. The van der Waals surface area contributed by atoms with Gasteiger partial charge in [0.2, 0.25) is 0 Å². The summed E-state index contributed by atoms with van der Waals surface area (Å²) in [6.45, 7) is 1.63. The molecule has 2 N–H and O–H groups in total. The molecule has 0 saturated carbocycles. The van der Waals surface area contributed by atoms with Crippen LogP contribution in [0.5, 0.6) is 0 Å². The molecule has 2 atom stereocenters. The maximum Gasteiger partial charge on any atom is 0.260 e. The number of benzene rings is 1. The predicted molar refractivity (Wildman–Crippen MR) is 82.6 cm³/mol. The molecule has 0 radical (unpaired) electrons. The monoisotopic (exact) mass is 334 g/mol. The fourth-order valence-electron chi connectivity index (χ4n) is 3.00. The molecule has 1 fully saturated rings. The number of carbonyl (C=O) groups excluding carboxylic acids is 1. The van der Waals surface area contributed by atoms with Crippen molar-refractivity contribution in [3.8, 4) is 0 Å². The Hall–Kier alpha value is -2.54.